The third-order valence-electron chi connectivity index (χ3n) is 5.05. The van der Waals surface area contributed by atoms with Gasteiger partial charge in [0.1, 0.15) is 0 Å². The predicted molar refractivity (Wildman–Crippen MR) is 123 cm³/mol. The molecule has 1 heterocycles. The third-order valence-corrected chi connectivity index (χ3v) is 5.60. The molecule has 0 saturated carbocycles. The number of rotatable bonds is 6. The summed E-state index contributed by atoms with van der Waals surface area (Å²) in [6, 6.07) is 9.29. The summed E-state index contributed by atoms with van der Waals surface area (Å²) in [6.07, 6.45) is 0.975. The van der Waals surface area contributed by atoms with Gasteiger partial charge in [-0.25, -0.2) is 4.79 Å². The largest absolute Gasteiger partial charge is 1.00 e. The molecular formula is C23H20Cl2N3NaO5. The Kier molecular flexibility index (Phi) is 9.73. The van der Waals surface area contributed by atoms with E-state index in [0.717, 1.165) is 4.90 Å². The van der Waals surface area contributed by atoms with Crippen LogP contribution in [0.1, 0.15) is 13.3 Å². The third kappa shape index (κ3) is 6.20. The molecule has 0 saturated heterocycles. The number of carboxylic acids is 1. The second-order valence-corrected chi connectivity index (χ2v) is 8.27. The molecular weight excluding hydrogens is 492 g/mol. The number of urea groups is 1. The Hall–Kier alpha value is -2.36. The first-order valence-electron chi connectivity index (χ1n) is 9.92. The molecule has 1 atom stereocenters. The number of benzene rings is 2. The number of ketones is 1. The Morgan fingerprint density at radius 3 is 2.50 bits per heavy atom. The fraction of sp³-hybridized carbons (Fsp3) is 0.217. The van der Waals surface area contributed by atoms with Crippen LogP contribution in [0.2, 0.25) is 10.0 Å². The minimum atomic E-state index is -1.46. The zero-order chi connectivity index (χ0) is 24.3. The molecule has 11 heteroatoms. The van der Waals surface area contributed by atoms with E-state index in [-0.39, 0.29) is 41.8 Å². The molecule has 0 aliphatic carbocycles. The van der Waals surface area contributed by atoms with Crippen molar-refractivity contribution in [2.45, 2.75) is 19.4 Å². The van der Waals surface area contributed by atoms with Crippen LogP contribution in [0.25, 0.3) is 11.1 Å². The van der Waals surface area contributed by atoms with Crippen molar-refractivity contribution in [1.29, 1.82) is 0 Å². The number of carbonyl (C=O) groups is 4. The Bertz CT molecular complexity index is 1170. The van der Waals surface area contributed by atoms with E-state index in [2.05, 4.69) is 5.32 Å². The second-order valence-electron chi connectivity index (χ2n) is 7.43. The van der Waals surface area contributed by atoms with E-state index in [1.807, 2.05) is 0 Å². The van der Waals surface area contributed by atoms with Crippen molar-refractivity contribution in [3.8, 4) is 11.1 Å². The van der Waals surface area contributed by atoms with Crippen molar-refractivity contribution in [3.63, 3.8) is 0 Å². The SMILES string of the molecule is CC1=CN(C)C(=O)C(N(C(=O)NCCC(=O)[O-])c2cccc(-c3ccc(Cl)cc3Cl)c2)C1=O.[Na+]. The Labute approximate surface area is 228 Å². The number of likely N-dealkylation sites (N-methyl/N-ethyl adjacent to an activating group) is 1. The summed E-state index contributed by atoms with van der Waals surface area (Å²) in [5.74, 6) is -2.48. The average molecular weight is 512 g/mol. The van der Waals surface area contributed by atoms with Crippen LogP contribution in [0, 0.1) is 0 Å². The second kappa shape index (κ2) is 11.9. The maximum atomic E-state index is 13.1. The molecule has 8 nitrogen and oxygen atoms in total. The molecule has 2 aromatic carbocycles. The van der Waals surface area contributed by atoms with Gasteiger partial charge >= 0.3 is 35.6 Å². The molecule has 172 valence electrons. The van der Waals surface area contributed by atoms with Gasteiger partial charge in [-0.3, -0.25) is 14.5 Å². The van der Waals surface area contributed by atoms with Crippen molar-refractivity contribution in [1.82, 2.24) is 10.2 Å². The van der Waals surface area contributed by atoms with Gasteiger partial charge in [-0.1, -0.05) is 41.4 Å². The summed E-state index contributed by atoms with van der Waals surface area (Å²) in [4.78, 5) is 52.0. The number of halogens is 2. The van der Waals surface area contributed by atoms with Crippen molar-refractivity contribution >= 4 is 52.6 Å². The van der Waals surface area contributed by atoms with E-state index < -0.39 is 36.2 Å². The minimum absolute atomic E-state index is 0. The van der Waals surface area contributed by atoms with Gasteiger partial charge in [0.25, 0.3) is 5.91 Å². The maximum absolute atomic E-state index is 13.1. The topological polar surface area (TPSA) is 110 Å². The first-order chi connectivity index (χ1) is 15.6. The zero-order valence-corrected chi connectivity index (χ0v) is 22.3. The van der Waals surface area contributed by atoms with Crippen molar-refractivity contribution in [2.24, 2.45) is 0 Å². The van der Waals surface area contributed by atoms with E-state index in [9.17, 15) is 24.3 Å². The van der Waals surface area contributed by atoms with Gasteiger partial charge < -0.3 is 20.1 Å². The summed E-state index contributed by atoms with van der Waals surface area (Å²) in [6.45, 7) is 1.31. The van der Waals surface area contributed by atoms with Crippen LogP contribution in [-0.4, -0.2) is 48.2 Å². The number of aliphatic carboxylic acids is 1. The molecule has 1 N–H and O–H groups in total. The van der Waals surface area contributed by atoms with E-state index in [1.54, 1.807) is 49.4 Å². The molecule has 34 heavy (non-hydrogen) atoms. The predicted octanol–water partition coefficient (Wildman–Crippen LogP) is -0.366. The van der Waals surface area contributed by atoms with E-state index >= 15 is 0 Å². The van der Waals surface area contributed by atoms with Crippen LogP contribution in [0.5, 0.6) is 0 Å². The quantitative estimate of drug-likeness (QED) is 0.420. The van der Waals surface area contributed by atoms with Crippen LogP contribution in [0.3, 0.4) is 0 Å². The molecule has 0 aromatic heterocycles. The van der Waals surface area contributed by atoms with E-state index in [1.165, 1.54) is 18.1 Å². The standard InChI is InChI=1S/C23H21Cl2N3O5.Na/c1-13-12-27(2)22(32)20(21(13)31)28(23(33)26-9-8-19(29)30)16-5-3-4-14(10-16)17-7-6-15(24)11-18(17)25;/h3-7,10-12,20H,8-9H2,1-2H3,(H,26,33)(H,29,30);/q;+1/p-1. The average Bonchev–Trinajstić information content (AvgIpc) is 2.75. The molecule has 0 fully saturated rings. The summed E-state index contributed by atoms with van der Waals surface area (Å²) < 4.78 is 0. The Morgan fingerprint density at radius 2 is 1.85 bits per heavy atom. The molecule has 1 aliphatic heterocycles. The van der Waals surface area contributed by atoms with E-state index in [4.69, 9.17) is 23.2 Å². The molecule has 0 bridgehead atoms. The first-order valence-corrected chi connectivity index (χ1v) is 10.7. The fourth-order valence-electron chi connectivity index (χ4n) is 3.45. The van der Waals surface area contributed by atoms with Crippen LogP contribution in [0.4, 0.5) is 10.5 Å². The number of Topliss-reactive ketones (excluding diaryl/α,β-unsaturated/α-hetero) is 1. The van der Waals surface area contributed by atoms with Gasteiger partial charge in [0.05, 0.1) is 0 Å². The molecule has 0 spiro atoms. The number of carbonyl (C=O) groups excluding carboxylic acids is 4. The first kappa shape index (κ1) is 27.9. The Morgan fingerprint density at radius 1 is 1.15 bits per heavy atom. The van der Waals surface area contributed by atoms with E-state index in [0.29, 0.717) is 26.7 Å². The molecule has 3 amide bonds. The molecule has 1 aliphatic rings. The zero-order valence-electron chi connectivity index (χ0n) is 18.8. The van der Waals surface area contributed by atoms with Crippen LogP contribution in [0.15, 0.2) is 54.2 Å². The molecule has 0 radical (unpaired) electrons. The van der Waals surface area contributed by atoms with Gasteiger partial charge in [-0.15, -0.1) is 0 Å². The summed E-state index contributed by atoms with van der Waals surface area (Å²) in [5, 5.41) is 14.0. The van der Waals surface area contributed by atoms with Crippen molar-refractivity contribution in [2.75, 3.05) is 18.5 Å². The maximum Gasteiger partial charge on any atom is 1.00 e. The van der Waals surface area contributed by atoms with Gasteiger partial charge in [0.2, 0.25) is 0 Å². The van der Waals surface area contributed by atoms with Crippen LogP contribution in [-0.2, 0) is 14.4 Å². The monoisotopic (exact) mass is 511 g/mol. The van der Waals surface area contributed by atoms with Gasteiger partial charge in [-0.2, -0.15) is 0 Å². The normalized spacial score (nSPS) is 15.4. The Balaban J connectivity index is 0.00000408. The van der Waals surface area contributed by atoms with Crippen molar-refractivity contribution in [3.05, 3.63) is 64.3 Å². The number of nitrogens with one attached hydrogen (secondary N) is 1. The summed E-state index contributed by atoms with van der Waals surface area (Å²) in [7, 11) is 1.49. The number of anilines is 1. The molecule has 2 aromatic rings. The van der Waals surface area contributed by atoms with Crippen LogP contribution >= 0.6 is 23.2 Å². The van der Waals surface area contributed by atoms with Gasteiger partial charge in [0.15, 0.2) is 11.8 Å². The number of carboxylic acid groups (broad SMARTS) is 1. The smallest absolute Gasteiger partial charge is 0.550 e. The molecule has 1 unspecified atom stereocenters. The molecule has 3 rings (SSSR count). The van der Waals surface area contributed by atoms with Gasteiger partial charge in [-0.05, 0) is 36.8 Å². The summed E-state index contributed by atoms with van der Waals surface area (Å²) >= 11 is 12.3. The fourth-order valence-corrected chi connectivity index (χ4v) is 3.97. The number of nitrogens with zero attached hydrogens (tertiary/aromatic N) is 2. The van der Waals surface area contributed by atoms with Crippen molar-refractivity contribution < 1.29 is 53.8 Å². The number of amides is 3. The van der Waals surface area contributed by atoms with Crippen LogP contribution < -0.4 is 44.9 Å². The summed E-state index contributed by atoms with van der Waals surface area (Å²) in [5.41, 5.74) is 1.80. The number of hydrogen-bond donors (Lipinski definition) is 1. The minimum Gasteiger partial charge on any atom is -0.550 e. The number of hydrogen-bond acceptors (Lipinski definition) is 5. The van der Waals surface area contributed by atoms with Gasteiger partial charge in [0, 0.05) is 59.1 Å².